The van der Waals surface area contributed by atoms with Crippen LogP contribution in [0.4, 0.5) is 0 Å². The second-order valence-electron chi connectivity index (χ2n) is 6.41. The summed E-state index contributed by atoms with van der Waals surface area (Å²) >= 11 is 0. The fraction of sp³-hybridized carbons (Fsp3) is 0.300. The third-order valence-corrected chi connectivity index (χ3v) is 3.68. The number of nitrogens with one attached hydrogen (secondary N) is 2. The van der Waals surface area contributed by atoms with E-state index >= 15 is 0 Å². The summed E-state index contributed by atoms with van der Waals surface area (Å²) in [6.07, 6.45) is 0. The molecule has 2 amide bonds. The topological polar surface area (TPSA) is 67.4 Å². The average molecular weight is 340 g/mol. The molecule has 2 rings (SSSR count). The van der Waals surface area contributed by atoms with Crippen molar-refractivity contribution in [3.05, 3.63) is 65.7 Å². The molecule has 2 aromatic rings. The zero-order chi connectivity index (χ0) is 18.3. The van der Waals surface area contributed by atoms with E-state index in [1.165, 1.54) is 6.92 Å². The average Bonchev–Trinajstić information content (AvgIpc) is 2.58. The number of ether oxygens (including phenoxy) is 1. The van der Waals surface area contributed by atoms with Gasteiger partial charge in [-0.15, -0.1) is 0 Å². The number of carbonyl (C=O) groups is 2. The Bertz CT molecular complexity index is 709. The van der Waals surface area contributed by atoms with Crippen molar-refractivity contribution < 1.29 is 14.3 Å². The minimum Gasteiger partial charge on any atom is -0.489 e. The second-order valence-corrected chi connectivity index (χ2v) is 6.41. The molecule has 5 nitrogen and oxygen atoms in total. The summed E-state index contributed by atoms with van der Waals surface area (Å²) in [6, 6.07) is 17.5. The smallest absolute Gasteiger partial charge is 0.245 e. The van der Waals surface area contributed by atoms with Gasteiger partial charge in [-0.25, -0.2) is 0 Å². The summed E-state index contributed by atoms with van der Waals surface area (Å²) in [5.41, 5.74) is 1.10. The molecule has 0 aliphatic heterocycles. The quantitative estimate of drug-likeness (QED) is 0.814. The third kappa shape index (κ3) is 5.95. The van der Waals surface area contributed by atoms with Gasteiger partial charge in [0.1, 0.15) is 17.9 Å². The Balaban J connectivity index is 1.84. The Labute approximate surface area is 148 Å². The molecule has 2 N–H and O–H groups in total. The molecule has 2 aromatic carbocycles. The number of hydrogen-bond acceptors (Lipinski definition) is 3. The molecule has 0 heterocycles. The van der Waals surface area contributed by atoms with E-state index in [1.807, 2.05) is 54.6 Å². The lowest BCUT2D eigenvalue weighted by Gasteiger charge is -2.24. The summed E-state index contributed by atoms with van der Waals surface area (Å²) in [4.78, 5) is 23.3. The number of benzene rings is 2. The van der Waals surface area contributed by atoms with Crippen molar-refractivity contribution in [2.75, 3.05) is 0 Å². The summed E-state index contributed by atoms with van der Waals surface area (Å²) in [6.45, 7) is 5.64. The van der Waals surface area contributed by atoms with Gasteiger partial charge < -0.3 is 15.4 Å². The van der Waals surface area contributed by atoms with Gasteiger partial charge in [-0.3, -0.25) is 9.59 Å². The van der Waals surface area contributed by atoms with Crippen LogP contribution in [0, 0.1) is 0 Å². The van der Waals surface area contributed by atoms with E-state index in [0.29, 0.717) is 13.2 Å². The zero-order valence-electron chi connectivity index (χ0n) is 14.8. The third-order valence-electron chi connectivity index (χ3n) is 3.68. The summed E-state index contributed by atoms with van der Waals surface area (Å²) in [5, 5.41) is 5.47. The molecule has 0 radical (unpaired) electrons. The Hall–Kier alpha value is -2.82. The van der Waals surface area contributed by atoms with Crippen molar-refractivity contribution in [1.29, 1.82) is 0 Å². The van der Waals surface area contributed by atoms with Crippen LogP contribution in [0.15, 0.2) is 54.6 Å². The van der Waals surface area contributed by atoms with Crippen molar-refractivity contribution in [1.82, 2.24) is 10.6 Å². The first kappa shape index (κ1) is 18.5. The molecular weight excluding hydrogens is 316 g/mol. The van der Waals surface area contributed by atoms with Crippen LogP contribution in [0.25, 0.3) is 0 Å². The van der Waals surface area contributed by atoms with Crippen LogP contribution in [-0.2, 0) is 22.7 Å². The fourth-order valence-electron chi connectivity index (χ4n) is 2.34. The van der Waals surface area contributed by atoms with Crippen LogP contribution in [0.3, 0.4) is 0 Å². The molecule has 0 spiro atoms. The molecule has 0 aliphatic rings. The van der Waals surface area contributed by atoms with E-state index in [2.05, 4.69) is 10.6 Å². The molecule has 5 heteroatoms. The largest absolute Gasteiger partial charge is 0.489 e. The first-order valence-electron chi connectivity index (χ1n) is 8.19. The van der Waals surface area contributed by atoms with Gasteiger partial charge in [-0.1, -0.05) is 42.5 Å². The van der Waals surface area contributed by atoms with Crippen LogP contribution in [0.1, 0.15) is 31.9 Å². The molecule has 0 bridgehead atoms. The zero-order valence-corrected chi connectivity index (χ0v) is 14.8. The molecule has 0 saturated heterocycles. The molecule has 0 atom stereocenters. The maximum atomic E-state index is 12.2. The van der Waals surface area contributed by atoms with Crippen LogP contribution >= 0.6 is 0 Å². The lowest BCUT2D eigenvalue weighted by molar-refractivity contribution is -0.131. The second kappa shape index (κ2) is 8.33. The van der Waals surface area contributed by atoms with Crippen LogP contribution in [-0.4, -0.2) is 17.4 Å². The van der Waals surface area contributed by atoms with Gasteiger partial charge in [0.2, 0.25) is 11.8 Å². The Morgan fingerprint density at radius 3 is 2.16 bits per heavy atom. The lowest BCUT2D eigenvalue weighted by atomic mass is 10.0. The Morgan fingerprint density at radius 1 is 0.960 bits per heavy atom. The molecule has 0 saturated carbocycles. The van der Waals surface area contributed by atoms with Crippen LogP contribution < -0.4 is 15.4 Å². The lowest BCUT2D eigenvalue weighted by Crippen LogP contribution is -2.53. The van der Waals surface area contributed by atoms with Gasteiger partial charge in [-0.05, 0) is 37.1 Å². The minimum atomic E-state index is -0.935. The van der Waals surface area contributed by atoms with Gasteiger partial charge in [0.15, 0.2) is 0 Å². The molecule has 0 aliphatic carbocycles. The Kier molecular flexibility index (Phi) is 6.17. The molecule has 0 unspecified atom stereocenters. The van der Waals surface area contributed by atoms with Crippen molar-refractivity contribution in [2.24, 2.45) is 0 Å². The van der Waals surface area contributed by atoms with Crippen molar-refractivity contribution in [3.8, 4) is 5.75 Å². The first-order chi connectivity index (χ1) is 11.9. The highest BCUT2D eigenvalue weighted by Gasteiger charge is 2.27. The predicted molar refractivity (Wildman–Crippen MR) is 97.0 cm³/mol. The standard InChI is InChI=1S/C20H24N2O3/c1-15(23)22-20(2,3)19(24)21-13-16-9-11-17(12-10-16)14-25-18-7-5-4-6-8-18/h4-12H,13-14H2,1-3H3,(H,21,24)(H,22,23). The molecular formula is C20H24N2O3. The van der Waals surface area contributed by atoms with E-state index in [-0.39, 0.29) is 11.8 Å². The summed E-state index contributed by atoms with van der Waals surface area (Å²) in [7, 11) is 0. The highest BCUT2D eigenvalue weighted by atomic mass is 16.5. The van der Waals surface area contributed by atoms with E-state index < -0.39 is 5.54 Å². The number of para-hydroxylation sites is 1. The summed E-state index contributed by atoms with van der Waals surface area (Å²) in [5.74, 6) is 0.376. The normalized spacial score (nSPS) is 10.8. The van der Waals surface area contributed by atoms with E-state index in [0.717, 1.165) is 16.9 Å². The SMILES string of the molecule is CC(=O)NC(C)(C)C(=O)NCc1ccc(COc2ccccc2)cc1. The van der Waals surface area contributed by atoms with Gasteiger partial charge in [-0.2, -0.15) is 0 Å². The molecule has 0 fully saturated rings. The number of amides is 2. The van der Waals surface area contributed by atoms with Crippen molar-refractivity contribution in [2.45, 2.75) is 39.5 Å². The van der Waals surface area contributed by atoms with Gasteiger partial charge in [0.05, 0.1) is 0 Å². The minimum absolute atomic E-state index is 0.223. The number of rotatable bonds is 7. The molecule has 132 valence electrons. The van der Waals surface area contributed by atoms with Crippen LogP contribution in [0.5, 0.6) is 5.75 Å². The molecule has 25 heavy (non-hydrogen) atoms. The van der Waals surface area contributed by atoms with Gasteiger partial charge in [0, 0.05) is 13.5 Å². The maximum Gasteiger partial charge on any atom is 0.245 e. The maximum absolute atomic E-state index is 12.2. The van der Waals surface area contributed by atoms with E-state index in [9.17, 15) is 9.59 Å². The van der Waals surface area contributed by atoms with E-state index in [1.54, 1.807) is 13.8 Å². The van der Waals surface area contributed by atoms with Gasteiger partial charge in [0.25, 0.3) is 0 Å². The summed E-state index contributed by atoms with van der Waals surface area (Å²) < 4.78 is 5.70. The number of hydrogen-bond donors (Lipinski definition) is 2. The fourth-order valence-corrected chi connectivity index (χ4v) is 2.34. The predicted octanol–water partition coefficient (Wildman–Crippen LogP) is 2.80. The van der Waals surface area contributed by atoms with Crippen molar-refractivity contribution >= 4 is 11.8 Å². The number of carbonyl (C=O) groups excluding carboxylic acids is 2. The Morgan fingerprint density at radius 2 is 1.56 bits per heavy atom. The highest BCUT2D eigenvalue weighted by Crippen LogP contribution is 2.12. The highest BCUT2D eigenvalue weighted by molar-refractivity contribution is 5.90. The monoisotopic (exact) mass is 340 g/mol. The van der Waals surface area contributed by atoms with Crippen molar-refractivity contribution in [3.63, 3.8) is 0 Å². The van der Waals surface area contributed by atoms with Crippen LogP contribution in [0.2, 0.25) is 0 Å². The van der Waals surface area contributed by atoms with E-state index in [4.69, 9.17) is 4.74 Å². The first-order valence-corrected chi connectivity index (χ1v) is 8.19. The van der Waals surface area contributed by atoms with Gasteiger partial charge >= 0.3 is 0 Å². The molecule has 0 aromatic heterocycles.